The molecule has 0 spiro atoms. The molecule has 0 radical (unpaired) electrons. The Bertz CT molecular complexity index is 1130. The van der Waals surface area contributed by atoms with E-state index in [1.807, 2.05) is 0 Å². The number of aromatic nitrogens is 3. The van der Waals surface area contributed by atoms with Gasteiger partial charge in [0.15, 0.2) is 11.5 Å². The molecule has 0 aliphatic heterocycles. The number of aromatic amines is 1. The molecule has 152 valence electrons. The molecule has 0 saturated carbocycles. The predicted molar refractivity (Wildman–Crippen MR) is 103 cm³/mol. The van der Waals surface area contributed by atoms with Gasteiger partial charge in [-0.2, -0.15) is 4.68 Å². The van der Waals surface area contributed by atoms with Crippen molar-refractivity contribution in [3.05, 3.63) is 62.9 Å². The third-order valence-corrected chi connectivity index (χ3v) is 4.24. The molecule has 0 aliphatic rings. The van der Waals surface area contributed by atoms with Gasteiger partial charge >= 0.3 is 11.4 Å². The maximum atomic E-state index is 12.9. The number of carbonyl (C=O) groups excluding carboxylic acids is 1. The van der Waals surface area contributed by atoms with Crippen molar-refractivity contribution >= 4 is 5.91 Å². The van der Waals surface area contributed by atoms with E-state index in [9.17, 15) is 14.4 Å². The molecule has 10 heteroatoms. The van der Waals surface area contributed by atoms with Crippen LogP contribution in [-0.4, -0.2) is 48.7 Å². The Hall–Kier alpha value is -3.95. The summed E-state index contributed by atoms with van der Waals surface area (Å²) in [5.41, 5.74) is -1.27. The van der Waals surface area contributed by atoms with Crippen molar-refractivity contribution in [1.29, 1.82) is 0 Å². The average molecular weight is 401 g/mol. The molecule has 0 unspecified atom stereocenters. The lowest BCUT2D eigenvalue weighted by Crippen LogP contribution is -2.30. The van der Waals surface area contributed by atoms with Gasteiger partial charge in [0.25, 0.3) is 5.91 Å². The highest BCUT2D eigenvalue weighted by Gasteiger charge is 2.22. The summed E-state index contributed by atoms with van der Waals surface area (Å²) in [6, 6.07) is 9.03. The van der Waals surface area contributed by atoms with Gasteiger partial charge in [0, 0.05) is 5.56 Å². The van der Waals surface area contributed by atoms with Gasteiger partial charge in [-0.05, 0) is 36.4 Å². The average Bonchev–Trinajstić information content (AvgIpc) is 3.05. The van der Waals surface area contributed by atoms with E-state index in [-0.39, 0.29) is 22.7 Å². The predicted octanol–water partition coefficient (Wildman–Crippen LogP) is 1.05. The molecule has 3 aromatic rings. The summed E-state index contributed by atoms with van der Waals surface area (Å²) < 4.78 is 22.2. The number of ether oxygens (including phenoxy) is 4. The van der Waals surface area contributed by atoms with E-state index in [4.69, 9.17) is 18.9 Å². The highest BCUT2D eigenvalue weighted by Crippen LogP contribution is 2.38. The molecular formula is C19H19N3O7. The van der Waals surface area contributed by atoms with E-state index in [0.29, 0.717) is 16.2 Å². The van der Waals surface area contributed by atoms with E-state index < -0.39 is 17.3 Å². The van der Waals surface area contributed by atoms with Crippen LogP contribution in [0.1, 0.15) is 10.4 Å². The zero-order valence-corrected chi connectivity index (χ0v) is 16.2. The van der Waals surface area contributed by atoms with Crippen LogP contribution in [0.2, 0.25) is 0 Å². The fourth-order valence-electron chi connectivity index (χ4n) is 2.81. The van der Waals surface area contributed by atoms with Gasteiger partial charge in [0.1, 0.15) is 5.75 Å². The number of benzene rings is 2. The smallest absolute Gasteiger partial charge is 0.359 e. The molecule has 1 N–H and O–H groups in total. The number of nitrogens with zero attached hydrogens (tertiary/aromatic N) is 2. The lowest BCUT2D eigenvalue weighted by atomic mass is 10.1. The molecule has 29 heavy (non-hydrogen) atoms. The minimum atomic E-state index is -0.848. The van der Waals surface area contributed by atoms with E-state index in [0.717, 1.165) is 4.57 Å². The van der Waals surface area contributed by atoms with Crippen LogP contribution < -0.4 is 30.3 Å². The standard InChI is InChI=1S/C19H19N3O7/c1-26-13-7-5-12(6-8-13)21-18(24)20-22(19(21)25)17(23)11-9-14(27-2)16(29-4)15(10-11)28-3/h5-10H,1-4H3,(H,20,24). The van der Waals surface area contributed by atoms with Crippen LogP contribution in [0.3, 0.4) is 0 Å². The van der Waals surface area contributed by atoms with Gasteiger partial charge in [-0.1, -0.05) is 0 Å². The molecular weight excluding hydrogens is 382 g/mol. The summed E-state index contributed by atoms with van der Waals surface area (Å²) in [6.45, 7) is 0. The second-order valence-electron chi connectivity index (χ2n) is 5.79. The molecule has 0 saturated heterocycles. The number of H-pyrrole nitrogens is 1. The van der Waals surface area contributed by atoms with Gasteiger partial charge in [-0.15, -0.1) is 0 Å². The Kier molecular flexibility index (Phi) is 5.44. The molecule has 0 fully saturated rings. The van der Waals surface area contributed by atoms with Crippen LogP contribution in [0.5, 0.6) is 23.0 Å². The molecule has 0 amide bonds. The van der Waals surface area contributed by atoms with Crippen molar-refractivity contribution in [2.24, 2.45) is 0 Å². The fourth-order valence-corrected chi connectivity index (χ4v) is 2.81. The molecule has 1 aromatic heterocycles. The van der Waals surface area contributed by atoms with E-state index in [1.165, 1.54) is 52.7 Å². The zero-order chi connectivity index (χ0) is 21.1. The Morgan fingerprint density at radius 3 is 1.93 bits per heavy atom. The SMILES string of the molecule is COc1ccc(-n2c(=O)[nH]n(C(=O)c3cc(OC)c(OC)c(OC)c3)c2=O)cc1. The summed E-state index contributed by atoms with van der Waals surface area (Å²) in [4.78, 5) is 38.0. The summed E-state index contributed by atoms with van der Waals surface area (Å²) in [5.74, 6) is 0.563. The number of hydrogen-bond acceptors (Lipinski definition) is 7. The summed E-state index contributed by atoms with van der Waals surface area (Å²) in [6.07, 6.45) is 0. The lowest BCUT2D eigenvalue weighted by Gasteiger charge is -2.13. The van der Waals surface area contributed by atoms with Crippen molar-refractivity contribution in [2.45, 2.75) is 0 Å². The van der Waals surface area contributed by atoms with Crippen molar-refractivity contribution in [3.63, 3.8) is 0 Å². The molecule has 2 aromatic carbocycles. The van der Waals surface area contributed by atoms with Gasteiger partial charge in [0.2, 0.25) is 5.75 Å². The third kappa shape index (κ3) is 3.47. The zero-order valence-electron chi connectivity index (χ0n) is 16.2. The van der Waals surface area contributed by atoms with Gasteiger partial charge in [0.05, 0.1) is 34.1 Å². The van der Waals surface area contributed by atoms with Gasteiger partial charge in [-0.25, -0.2) is 19.3 Å². The Morgan fingerprint density at radius 1 is 0.862 bits per heavy atom. The van der Waals surface area contributed by atoms with Crippen LogP contribution in [0.4, 0.5) is 0 Å². The molecule has 10 nitrogen and oxygen atoms in total. The Balaban J connectivity index is 2.09. The lowest BCUT2D eigenvalue weighted by molar-refractivity contribution is 0.0939. The largest absolute Gasteiger partial charge is 0.497 e. The van der Waals surface area contributed by atoms with Crippen molar-refractivity contribution in [3.8, 4) is 28.7 Å². The molecule has 3 rings (SSSR count). The van der Waals surface area contributed by atoms with E-state index in [2.05, 4.69) is 5.10 Å². The number of carbonyl (C=O) groups is 1. The Labute approximate surface area is 164 Å². The van der Waals surface area contributed by atoms with E-state index in [1.54, 1.807) is 12.1 Å². The first-order valence-electron chi connectivity index (χ1n) is 8.38. The fraction of sp³-hybridized carbons (Fsp3) is 0.211. The summed E-state index contributed by atoms with van der Waals surface area (Å²) in [5, 5.41) is 2.26. The number of hydrogen-bond donors (Lipinski definition) is 1. The molecule has 0 atom stereocenters. The molecule has 0 aliphatic carbocycles. The summed E-state index contributed by atoms with van der Waals surface area (Å²) in [7, 11) is 5.73. The minimum absolute atomic E-state index is 0.0599. The van der Waals surface area contributed by atoms with Crippen LogP contribution in [0.15, 0.2) is 46.0 Å². The normalized spacial score (nSPS) is 10.5. The van der Waals surface area contributed by atoms with Crippen molar-refractivity contribution in [2.75, 3.05) is 28.4 Å². The minimum Gasteiger partial charge on any atom is -0.497 e. The highest BCUT2D eigenvalue weighted by atomic mass is 16.5. The monoisotopic (exact) mass is 401 g/mol. The number of rotatable bonds is 6. The third-order valence-electron chi connectivity index (χ3n) is 4.24. The topological polar surface area (TPSA) is 114 Å². The van der Waals surface area contributed by atoms with Gasteiger partial charge in [-0.3, -0.25) is 4.79 Å². The first kappa shape index (κ1) is 19.8. The molecule has 0 bridgehead atoms. The van der Waals surface area contributed by atoms with Crippen LogP contribution >= 0.6 is 0 Å². The maximum Gasteiger partial charge on any atom is 0.359 e. The van der Waals surface area contributed by atoms with Crippen molar-refractivity contribution < 1.29 is 23.7 Å². The Morgan fingerprint density at radius 2 is 1.45 bits per heavy atom. The van der Waals surface area contributed by atoms with E-state index >= 15 is 0 Å². The van der Waals surface area contributed by atoms with Gasteiger partial charge < -0.3 is 18.9 Å². The first-order chi connectivity index (χ1) is 13.9. The van der Waals surface area contributed by atoms with Crippen LogP contribution in [-0.2, 0) is 0 Å². The summed E-state index contributed by atoms with van der Waals surface area (Å²) >= 11 is 0. The van der Waals surface area contributed by atoms with Crippen molar-refractivity contribution in [1.82, 2.24) is 14.3 Å². The highest BCUT2D eigenvalue weighted by molar-refractivity contribution is 5.96. The second-order valence-corrected chi connectivity index (χ2v) is 5.79. The maximum absolute atomic E-state index is 12.9. The quantitative estimate of drug-likeness (QED) is 0.657. The molecule has 1 heterocycles. The number of methoxy groups -OCH3 is 4. The van der Waals surface area contributed by atoms with Crippen LogP contribution in [0.25, 0.3) is 5.69 Å². The second kappa shape index (κ2) is 7.97. The number of nitrogens with one attached hydrogen (secondary N) is 1. The first-order valence-corrected chi connectivity index (χ1v) is 8.38. The van der Waals surface area contributed by atoms with Crippen LogP contribution in [0, 0.1) is 0 Å².